The molecule has 0 aliphatic carbocycles. The molecule has 200 valence electrons. The SMILES string of the molecule is C/C=C1\NC(=O)[C@H]2CSSCCC=C[C@@H](CC(=O)N[C@H](C(C)C)C(=O)N2)OC(=O)[C@@H](C(C)C)NC1=O. The van der Waals surface area contributed by atoms with Crippen molar-refractivity contribution in [1.82, 2.24) is 21.3 Å². The summed E-state index contributed by atoms with van der Waals surface area (Å²) in [5.41, 5.74) is -0.0445. The van der Waals surface area contributed by atoms with Crippen LogP contribution in [-0.4, -0.2) is 65.3 Å². The van der Waals surface area contributed by atoms with Crippen LogP contribution < -0.4 is 21.3 Å². The minimum atomic E-state index is -1.00. The summed E-state index contributed by atoms with van der Waals surface area (Å²) in [6.45, 7) is 8.66. The standard InChI is InChI=1S/C24H36N4O6S2/c1-6-16-21(30)28-20(14(4)5)24(33)34-15-9-7-8-10-35-36-12-17(22(31)25-16)26-23(32)19(13(2)3)27-18(29)11-15/h6-7,9,13-15,17,19-20H,8,10-12H2,1-5H3,(H,25,31)(H,26,32)(H,27,29)(H,28,30)/b9-7?,16-6-/t15-,17+,19+,20+/m0/s1. The van der Waals surface area contributed by atoms with Crippen LogP contribution >= 0.6 is 21.6 Å². The van der Waals surface area contributed by atoms with Crippen molar-refractivity contribution in [3.05, 3.63) is 23.9 Å². The van der Waals surface area contributed by atoms with Gasteiger partial charge >= 0.3 is 5.97 Å². The molecule has 0 aromatic carbocycles. The number of nitrogens with one attached hydrogen (secondary N) is 4. The fraction of sp³-hybridized carbons (Fsp3) is 0.625. The fourth-order valence-electron chi connectivity index (χ4n) is 3.50. The third-order valence-electron chi connectivity index (χ3n) is 5.59. The molecule has 2 heterocycles. The largest absolute Gasteiger partial charge is 0.456 e. The van der Waals surface area contributed by atoms with E-state index in [4.69, 9.17) is 4.74 Å². The molecule has 2 bridgehead atoms. The number of rotatable bonds is 2. The maximum absolute atomic E-state index is 13.2. The summed E-state index contributed by atoms with van der Waals surface area (Å²) < 4.78 is 5.65. The highest BCUT2D eigenvalue weighted by Crippen LogP contribution is 2.24. The van der Waals surface area contributed by atoms with Crippen LogP contribution in [-0.2, 0) is 28.7 Å². The van der Waals surface area contributed by atoms with Crippen molar-refractivity contribution in [1.29, 1.82) is 0 Å². The van der Waals surface area contributed by atoms with Crippen molar-refractivity contribution < 1.29 is 28.7 Å². The number of ether oxygens (including phenoxy) is 1. The summed E-state index contributed by atoms with van der Waals surface area (Å²) in [5, 5.41) is 10.7. The maximum atomic E-state index is 13.2. The van der Waals surface area contributed by atoms with Gasteiger partial charge in [0, 0.05) is 11.5 Å². The number of allylic oxidation sites excluding steroid dienone is 2. The van der Waals surface area contributed by atoms with Gasteiger partial charge < -0.3 is 26.0 Å². The third-order valence-corrected chi connectivity index (χ3v) is 8.03. The average Bonchev–Trinajstić information content (AvgIpc) is 2.81. The van der Waals surface area contributed by atoms with Crippen molar-refractivity contribution in [2.24, 2.45) is 11.8 Å². The van der Waals surface area contributed by atoms with E-state index < -0.39 is 53.8 Å². The van der Waals surface area contributed by atoms with Gasteiger partial charge in [-0.25, -0.2) is 4.79 Å². The quantitative estimate of drug-likeness (QED) is 0.178. The topological polar surface area (TPSA) is 143 Å². The van der Waals surface area contributed by atoms with Crippen molar-refractivity contribution in [2.75, 3.05) is 11.5 Å². The Bertz CT molecular complexity index is 905. The van der Waals surface area contributed by atoms with Crippen LogP contribution in [0, 0.1) is 11.8 Å². The Morgan fingerprint density at radius 1 is 0.944 bits per heavy atom. The minimum Gasteiger partial charge on any atom is -0.456 e. The molecular weight excluding hydrogens is 504 g/mol. The van der Waals surface area contributed by atoms with Crippen LogP contribution in [0.5, 0.6) is 0 Å². The van der Waals surface area contributed by atoms with Gasteiger partial charge in [0.25, 0.3) is 5.91 Å². The first-order chi connectivity index (χ1) is 17.0. The van der Waals surface area contributed by atoms with Gasteiger partial charge in [0.05, 0.1) is 6.42 Å². The normalized spacial score (nSPS) is 28.8. The number of esters is 1. The Hall–Kier alpha value is -2.47. The van der Waals surface area contributed by atoms with E-state index >= 15 is 0 Å². The molecule has 0 spiro atoms. The molecular formula is C24H36N4O6S2. The number of fused-ring (bicyclic) bond motifs is 7. The summed E-state index contributed by atoms with van der Waals surface area (Å²) in [5.74, 6) is -2.54. The van der Waals surface area contributed by atoms with E-state index in [1.807, 2.05) is 6.08 Å². The molecule has 0 unspecified atom stereocenters. The molecule has 10 nitrogen and oxygen atoms in total. The smallest absolute Gasteiger partial charge is 0.329 e. The Kier molecular flexibility index (Phi) is 11.8. The van der Waals surface area contributed by atoms with Gasteiger partial charge in [0.15, 0.2) is 0 Å². The molecule has 2 aliphatic rings. The van der Waals surface area contributed by atoms with Crippen molar-refractivity contribution in [3.63, 3.8) is 0 Å². The molecule has 0 saturated carbocycles. The maximum Gasteiger partial charge on any atom is 0.329 e. The van der Waals surface area contributed by atoms with Gasteiger partial charge in [-0.05, 0) is 31.3 Å². The van der Waals surface area contributed by atoms with E-state index in [0.717, 1.165) is 0 Å². The zero-order valence-electron chi connectivity index (χ0n) is 21.3. The minimum absolute atomic E-state index is 0.0445. The second-order valence-electron chi connectivity index (χ2n) is 9.24. The molecule has 36 heavy (non-hydrogen) atoms. The first-order valence-electron chi connectivity index (χ1n) is 12.0. The molecule has 0 aromatic heterocycles. The zero-order chi connectivity index (χ0) is 26.8. The first kappa shape index (κ1) is 29.8. The number of hydrogen-bond donors (Lipinski definition) is 4. The second kappa shape index (κ2) is 14.3. The van der Waals surface area contributed by atoms with E-state index in [0.29, 0.717) is 12.2 Å². The highest BCUT2D eigenvalue weighted by molar-refractivity contribution is 8.76. The fourth-order valence-corrected chi connectivity index (χ4v) is 5.66. The Balaban J connectivity index is 2.55. The molecule has 2 aliphatic heterocycles. The van der Waals surface area contributed by atoms with Gasteiger partial charge in [-0.15, -0.1) is 0 Å². The van der Waals surface area contributed by atoms with Gasteiger partial charge in [-0.3, -0.25) is 19.2 Å². The van der Waals surface area contributed by atoms with E-state index in [9.17, 15) is 24.0 Å². The van der Waals surface area contributed by atoms with Crippen LogP contribution in [0.4, 0.5) is 0 Å². The van der Waals surface area contributed by atoms with E-state index in [1.54, 1.807) is 40.7 Å². The summed E-state index contributed by atoms with van der Waals surface area (Å²) in [7, 11) is 2.95. The van der Waals surface area contributed by atoms with Gasteiger partial charge in [0.2, 0.25) is 17.7 Å². The summed E-state index contributed by atoms with van der Waals surface area (Å²) in [4.78, 5) is 65.2. The lowest BCUT2D eigenvalue weighted by molar-refractivity contribution is -0.153. The Morgan fingerprint density at radius 3 is 2.28 bits per heavy atom. The first-order valence-corrected chi connectivity index (χ1v) is 14.5. The average molecular weight is 541 g/mol. The van der Waals surface area contributed by atoms with Crippen molar-refractivity contribution in [2.45, 2.75) is 71.7 Å². The van der Waals surface area contributed by atoms with E-state index in [-0.39, 0.29) is 29.7 Å². The van der Waals surface area contributed by atoms with Gasteiger partial charge in [0.1, 0.15) is 29.9 Å². The Morgan fingerprint density at radius 2 is 1.64 bits per heavy atom. The van der Waals surface area contributed by atoms with Gasteiger partial charge in [-0.1, -0.05) is 61.4 Å². The molecule has 4 amide bonds. The van der Waals surface area contributed by atoms with Crippen LogP contribution in [0.2, 0.25) is 0 Å². The van der Waals surface area contributed by atoms with Crippen molar-refractivity contribution >= 4 is 51.2 Å². The number of amides is 4. The van der Waals surface area contributed by atoms with Gasteiger partial charge in [-0.2, -0.15) is 0 Å². The third kappa shape index (κ3) is 8.88. The van der Waals surface area contributed by atoms with Crippen molar-refractivity contribution in [3.8, 4) is 0 Å². The molecule has 2 rings (SSSR count). The molecule has 1 saturated heterocycles. The molecule has 12 heteroatoms. The summed E-state index contributed by atoms with van der Waals surface area (Å²) >= 11 is 0. The monoisotopic (exact) mass is 540 g/mol. The summed E-state index contributed by atoms with van der Waals surface area (Å²) in [6.07, 6.45) is 4.51. The number of carbonyl (C=O) groups is 5. The molecule has 1 fully saturated rings. The second-order valence-corrected chi connectivity index (χ2v) is 11.9. The predicted octanol–water partition coefficient (Wildman–Crippen LogP) is 1.43. The van der Waals surface area contributed by atoms with Crippen LogP contribution in [0.3, 0.4) is 0 Å². The van der Waals surface area contributed by atoms with Crippen LogP contribution in [0.15, 0.2) is 23.9 Å². The highest BCUT2D eigenvalue weighted by Gasteiger charge is 2.33. The van der Waals surface area contributed by atoms with Crippen LogP contribution in [0.25, 0.3) is 0 Å². The Labute approximate surface area is 220 Å². The van der Waals surface area contributed by atoms with E-state index in [2.05, 4.69) is 21.3 Å². The number of hydrogen-bond acceptors (Lipinski definition) is 8. The molecule has 0 radical (unpaired) electrons. The lowest BCUT2D eigenvalue weighted by atomic mass is 10.0. The predicted molar refractivity (Wildman–Crippen MR) is 141 cm³/mol. The molecule has 4 N–H and O–H groups in total. The lowest BCUT2D eigenvalue weighted by Crippen LogP contribution is -2.57. The lowest BCUT2D eigenvalue weighted by Gasteiger charge is -2.27. The molecule has 4 atom stereocenters. The van der Waals surface area contributed by atoms with E-state index in [1.165, 1.54) is 27.7 Å². The zero-order valence-corrected chi connectivity index (χ0v) is 22.9. The van der Waals surface area contributed by atoms with Crippen LogP contribution in [0.1, 0.15) is 47.5 Å². The number of carbonyl (C=O) groups excluding carboxylic acids is 5. The summed E-state index contributed by atoms with van der Waals surface area (Å²) in [6, 6.07) is -2.86. The molecule has 0 aromatic rings. The highest BCUT2D eigenvalue weighted by atomic mass is 33.1.